The molecule has 0 saturated carbocycles. The molecule has 0 aliphatic rings. The van der Waals surface area contributed by atoms with E-state index in [9.17, 15) is 9.59 Å². The Balaban J connectivity index is 6.62. The number of carbonyl (C=O) groups is 2. The first-order valence-electron chi connectivity index (χ1n) is 7.08. The molecule has 0 aliphatic heterocycles. The van der Waals surface area contributed by atoms with Crippen LogP contribution >= 0.6 is 15.9 Å². The fourth-order valence-electron chi connectivity index (χ4n) is 2.32. The van der Waals surface area contributed by atoms with E-state index in [1.807, 2.05) is 0 Å². The van der Waals surface area contributed by atoms with Crippen LogP contribution in [0.5, 0.6) is 0 Å². The van der Waals surface area contributed by atoms with Gasteiger partial charge in [-0.3, -0.25) is 0 Å². The maximum atomic E-state index is 12.1. The number of rotatable bonds is 6. The zero-order valence-corrected chi connectivity index (χ0v) is 16.2. The Labute approximate surface area is 141 Å². The number of methoxy groups -OCH3 is 2. The van der Waals surface area contributed by atoms with Crippen molar-refractivity contribution in [1.29, 1.82) is 0 Å². The van der Waals surface area contributed by atoms with Crippen molar-refractivity contribution in [3.63, 3.8) is 0 Å². The zero-order valence-electron chi connectivity index (χ0n) is 14.6. The van der Waals surface area contributed by atoms with Crippen LogP contribution in [0.15, 0.2) is 21.3 Å². The molecule has 0 radical (unpaired) electrons. The highest BCUT2D eigenvalue weighted by Gasteiger charge is 2.29. The first kappa shape index (κ1) is 20.7. The average molecular weight is 376 g/mol. The van der Waals surface area contributed by atoms with Crippen molar-refractivity contribution in [1.82, 2.24) is 4.90 Å². The lowest BCUT2D eigenvalue weighted by atomic mass is 9.91. The van der Waals surface area contributed by atoms with E-state index < -0.39 is 11.9 Å². The van der Waals surface area contributed by atoms with Gasteiger partial charge in [-0.05, 0) is 33.3 Å². The summed E-state index contributed by atoms with van der Waals surface area (Å²) in [5.41, 5.74) is 1.44. The highest BCUT2D eigenvalue weighted by atomic mass is 79.9. The van der Waals surface area contributed by atoms with Gasteiger partial charge in [0.15, 0.2) is 5.57 Å². The third-order valence-corrected chi connectivity index (χ3v) is 4.00. The molecule has 0 spiro atoms. The Hall–Kier alpha value is -1.30. The minimum Gasteiger partial charge on any atom is -0.465 e. The lowest BCUT2D eigenvalue weighted by Gasteiger charge is -2.25. The summed E-state index contributed by atoms with van der Waals surface area (Å²) in [4.78, 5) is 25.9. The number of hydrogen-bond acceptors (Lipinski definition) is 5. The molecular formula is C16H26BrNO4. The third kappa shape index (κ3) is 4.87. The van der Waals surface area contributed by atoms with Crippen molar-refractivity contribution < 1.29 is 19.1 Å². The highest BCUT2D eigenvalue weighted by molar-refractivity contribution is 9.12. The second-order valence-corrected chi connectivity index (χ2v) is 6.47. The maximum absolute atomic E-state index is 12.1. The number of nitrogens with zero attached hydrogens (tertiary/aromatic N) is 1. The van der Waals surface area contributed by atoms with Crippen LogP contribution in [-0.4, -0.2) is 45.2 Å². The van der Waals surface area contributed by atoms with Gasteiger partial charge in [-0.25, -0.2) is 9.59 Å². The summed E-state index contributed by atoms with van der Waals surface area (Å²) in [6.45, 7) is 8.28. The number of likely N-dealkylation sites (N-methyl/N-ethyl adjacent to an activating group) is 1. The monoisotopic (exact) mass is 375 g/mol. The fourth-order valence-corrected chi connectivity index (χ4v) is 3.79. The van der Waals surface area contributed by atoms with Crippen LogP contribution in [-0.2, 0) is 19.1 Å². The Bertz CT molecular complexity index is 462. The number of allylic oxidation sites excluding steroid dienone is 2. The van der Waals surface area contributed by atoms with Crippen molar-refractivity contribution >= 4 is 27.9 Å². The summed E-state index contributed by atoms with van der Waals surface area (Å²) in [7, 11) is 6.01. The van der Waals surface area contributed by atoms with E-state index in [1.54, 1.807) is 19.0 Å². The van der Waals surface area contributed by atoms with Gasteiger partial charge in [0, 0.05) is 18.6 Å². The minimum absolute atomic E-state index is 0.124. The lowest BCUT2D eigenvalue weighted by Crippen LogP contribution is -2.25. The average Bonchev–Trinajstić information content (AvgIpc) is 2.41. The largest absolute Gasteiger partial charge is 0.465 e. The van der Waals surface area contributed by atoms with Gasteiger partial charge in [-0.15, -0.1) is 0 Å². The molecule has 0 N–H and O–H groups in total. The predicted octanol–water partition coefficient (Wildman–Crippen LogP) is 3.11. The van der Waals surface area contributed by atoms with E-state index in [-0.39, 0.29) is 17.4 Å². The highest BCUT2D eigenvalue weighted by Crippen LogP contribution is 2.34. The number of esters is 2. The van der Waals surface area contributed by atoms with Crippen LogP contribution in [0.25, 0.3) is 0 Å². The van der Waals surface area contributed by atoms with Crippen LogP contribution in [0.3, 0.4) is 0 Å². The predicted molar refractivity (Wildman–Crippen MR) is 90.4 cm³/mol. The van der Waals surface area contributed by atoms with Gasteiger partial charge < -0.3 is 14.4 Å². The van der Waals surface area contributed by atoms with E-state index in [0.29, 0.717) is 10.2 Å². The van der Waals surface area contributed by atoms with Gasteiger partial charge in [-0.1, -0.05) is 27.7 Å². The summed E-state index contributed by atoms with van der Waals surface area (Å²) in [6, 6.07) is 0. The first-order valence-corrected chi connectivity index (χ1v) is 7.87. The van der Waals surface area contributed by atoms with Crippen LogP contribution < -0.4 is 0 Å². The Morgan fingerprint density at radius 1 is 0.909 bits per heavy atom. The fraction of sp³-hybridized carbons (Fsp3) is 0.625. The minimum atomic E-state index is -0.723. The Morgan fingerprint density at radius 2 is 1.27 bits per heavy atom. The molecule has 6 heteroatoms. The number of carbonyl (C=O) groups excluding carboxylic acids is 2. The molecule has 0 heterocycles. The van der Waals surface area contributed by atoms with E-state index in [0.717, 1.165) is 5.57 Å². The maximum Gasteiger partial charge on any atom is 0.347 e. The summed E-state index contributed by atoms with van der Waals surface area (Å²) >= 11 is 3.57. The van der Waals surface area contributed by atoms with E-state index >= 15 is 0 Å². The van der Waals surface area contributed by atoms with Crippen molar-refractivity contribution in [2.75, 3.05) is 28.3 Å². The van der Waals surface area contributed by atoms with Crippen LogP contribution in [0.1, 0.15) is 27.7 Å². The molecule has 0 amide bonds. The van der Waals surface area contributed by atoms with Gasteiger partial charge >= 0.3 is 11.9 Å². The summed E-state index contributed by atoms with van der Waals surface area (Å²) < 4.78 is 10.2. The van der Waals surface area contributed by atoms with Crippen LogP contribution in [0, 0.1) is 11.8 Å². The van der Waals surface area contributed by atoms with E-state index in [2.05, 4.69) is 43.6 Å². The first-order chi connectivity index (χ1) is 10.1. The van der Waals surface area contributed by atoms with Crippen LogP contribution in [0.4, 0.5) is 0 Å². The second-order valence-electron chi connectivity index (χ2n) is 5.68. The number of halogens is 1. The van der Waals surface area contributed by atoms with Gasteiger partial charge in [0.1, 0.15) is 0 Å². The molecule has 0 aromatic heterocycles. The summed E-state index contributed by atoms with van der Waals surface area (Å²) in [5.74, 6) is -0.944. The van der Waals surface area contributed by atoms with Gasteiger partial charge in [0.05, 0.1) is 19.9 Å². The summed E-state index contributed by atoms with van der Waals surface area (Å²) in [6.07, 6.45) is 0. The standard InChI is InChI=1S/C16H26BrNO4/c1-9(2)11(10(3)4)13(17)14(18(5)6)12(15(19)21-7)16(20)22-8/h9-10H,1-8H3. The molecule has 0 rings (SSSR count). The Kier molecular flexibility index (Phi) is 8.45. The summed E-state index contributed by atoms with van der Waals surface area (Å²) in [5, 5.41) is 0. The number of ether oxygens (including phenoxy) is 2. The quantitative estimate of drug-likeness (QED) is 0.234. The topological polar surface area (TPSA) is 55.8 Å². The number of hydrogen-bond donors (Lipinski definition) is 0. The van der Waals surface area contributed by atoms with Crippen molar-refractivity contribution in [3.05, 3.63) is 21.3 Å². The smallest absolute Gasteiger partial charge is 0.347 e. The zero-order chi connectivity index (χ0) is 17.6. The van der Waals surface area contributed by atoms with Crippen molar-refractivity contribution in [3.8, 4) is 0 Å². The van der Waals surface area contributed by atoms with Crippen LogP contribution in [0.2, 0.25) is 0 Å². The molecule has 0 bridgehead atoms. The van der Waals surface area contributed by atoms with Gasteiger partial charge in [0.2, 0.25) is 0 Å². The normalized spacial score (nSPS) is 10.3. The van der Waals surface area contributed by atoms with Gasteiger partial charge in [0.25, 0.3) is 0 Å². The molecule has 5 nitrogen and oxygen atoms in total. The molecule has 0 unspecified atom stereocenters. The second kappa shape index (κ2) is 8.98. The van der Waals surface area contributed by atoms with Gasteiger partial charge in [-0.2, -0.15) is 0 Å². The molecule has 0 aromatic rings. The molecular weight excluding hydrogens is 350 g/mol. The van der Waals surface area contributed by atoms with Crippen molar-refractivity contribution in [2.24, 2.45) is 11.8 Å². The molecule has 0 saturated heterocycles. The van der Waals surface area contributed by atoms with Crippen molar-refractivity contribution in [2.45, 2.75) is 27.7 Å². The molecule has 0 aromatic carbocycles. The van der Waals surface area contributed by atoms with E-state index in [1.165, 1.54) is 14.2 Å². The lowest BCUT2D eigenvalue weighted by molar-refractivity contribution is -0.144. The molecule has 0 fully saturated rings. The molecule has 22 heavy (non-hydrogen) atoms. The Morgan fingerprint density at radius 3 is 1.50 bits per heavy atom. The molecule has 0 atom stereocenters. The molecule has 126 valence electrons. The molecule has 0 aliphatic carbocycles. The van der Waals surface area contributed by atoms with E-state index in [4.69, 9.17) is 9.47 Å². The third-order valence-electron chi connectivity index (χ3n) is 3.17. The SMILES string of the molecule is COC(=O)C(C(=O)OC)=C(C(Br)=C(C(C)C)C(C)C)N(C)C.